The van der Waals surface area contributed by atoms with Crippen molar-refractivity contribution in [3.05, 3.63) is 34.7 Å². The number of nitrogens with zero attached hydrogens (tertiary/aromatic N) is 1. The Morgan fingerprint density at radius 2 is 1.77 bits per heavy atom. The molecule has 66 valence electrons. The van der Waals surface area contributed by atoms with E-state index in [0.29, 0.717) is 0 Å². The standard InChI is InChI=1S/C12H13N/c1-12(2)7-10-5-3-4-6-11(10)8-13-9-12/h3-9H,1-2H3. The Balaban J connectivity index is 2.77. The quantitative estimate of drug-likeness (QED) is 0.558. The van der Waals surface area contributed by atoms with Crippen LogP contribution in [0, 0.1) is 5.41 Å². The van der Waals surface area contributed by atoms with Gasteiger partial charge in [-0.3, -0.25) is 4.99 Å². The third kappa shape index (κ3) is 1.69. The van der Waals surface area contributed by atoms with Crippen molar-refractivity contribution in [3.63, 3.8) is 0 Å². The molecule has 0 aliphatic carbocycles. The molecule has 1 aliphatic rings. The van der Waals surface area contributed by atoms with E-state index in [-0.39, 0.29) is 5.41 Å². The SMILES string of the molecule is CC1(C)C=NC=c2ccccc2=C1. The Morgan fingerprint density at radius 3 is 2.54 bits per heavy atom. The lowest BCUT2D eigenvalue weighted by Crippen LogP contribution is -2.25. The molecule has 0 N–H and O–H groups in total. The molecule has 0 radical (unpaired) electrons. The second-order valence-corrected chi connectivity index (χ2v) is 4.00. The van der Waals surface area contributed by atoms with Crippen LogP contribution in [0.3, 0.4) is 0 Å². The molecule has 1 heteroatoms. The maximum absolute atomic E-state index is 4.28. The third-order valence-electron chi connectivity index (χ3n) is 2.14. The first-order valence-electron chi connectivity index (χ1n) is 4.50. The lowest BCUT2D eigenvalue weighted by molar-refractivity contribution is 0.741. The summed E-state index contributed by atoms with van der Waals surface area (Å²) in [4.78, 5) is 4.28. The Morgan fingerprint density at radius 1 is 1.08 bits per heavy atom. The summed E-state index contributed by atoms with van der Waals surface area (Å²) < 4.78 is 0. The van der Waals surface area contributed by atoms with Gasteiger partial charge in [0, 0.05) is 17.8 Å². The maximum atomic E-state index is 4.28. The van der Waals surface area contributed by atoms with E-state index in [9.17, 15) is 0 Å². The van der Waals surface area contributed by atoms with E-state index < -0.39 is 0 Å². The fraction of sp³-hybridized carbons (Fsp3) is 0.250. The van der Waals surface area contributed by atoms with Gasteiger partial charge < -0.3 is 0 Å². The van der Waals surface area contributed by atoms with Crippen LogP contribution in [-0.4, -0.2) is 6.21 Å². The fourth-order valence-corrected chi connectivity index (χ4v) is 1.51. The van der Waals surface area contributed by atoms with E-state index in [0.717, 1.165) is 0 Å². The minimum atomic E-state index is 0.0586. The summed E-state index contributed by atoms with van der Waals surface area (Å²) in [5.41, 5.74) is 0.0586. The molecule has 0 atom stereocenters. The smallest absolute Gasteiger partial charge is 0.0342 e. The largest absolute Gasteiger partial charge is 0.268 e. The van der Waals surface area contributed by atoms with Crippen molar-refractivity contribution in [1.29, 1.82) is 0 Å². The van der Waals surface area contributed by atoms with E-state index in [1.165, 1.54) is 10.4 Å². The van der Waals surface area contributed by atoms with Crippen LogP contribution in [0.2, 0.25) is 0 Å². The van der Waals surface area contributed by atoms with Crippen LogP contribution in [0.15, 0.2) is 29.3 Å². The van der Waals surface area contributed by atoms with Crippen molar-refractivity contribution in [1.82, 2.24) is 0 Å². The predicted octanol–water partition coefficient (Wildman–Crippen LogP) is 1.32. The second kappa shape index (κ2) is 2.84. The van der Waals surface area contributed by atoms with Crippen molar-refractivity contribution < 1.29 is 0 Å². The predicted molar refractivity (Wildman–Crippen MR) is 56.9 cm³/mol. The number of hydrogen-bond acceptors (Lipinski definition) is 1. The van der Waals surface area contributed by atoms with Gasteiger partial charge in [-0.05, 0) is 10.4 Å². The zero-order chi connectivity index (χ0) is 9.31. The van der Waals surface area contributed by atoms with Crippen molar-refractivity contribution in [2.45, 2.75) is 13.8 Å². The highest BCUT2D eigenvalue weighted by molar-refractivity contribution is 5.76. The van der Waals surface area contributed by atoms with E-state index in [1.54, 1.807) is 0 Å². The third-order valence-corrected chi connectivity index (χ3v) is 2.14. The molecule has 0 bridgehead atoms. The molecule has 0 saturated carbocycles. The maximum Gasteiger partial charge on any atom is 0.0342 e. The van der Waals surface area contributed by atoms with Crippen LogP contribution >= 0.6 is 0 Å². The van der Waals surface area contributed by atoms with Crippen LogP contribution in [0.25, 0.3) is 12.3 Å². The van der Waals surface area contributed by atoms with Crippen LogP contribution in [0.5, 0.6) is 0 Å². The molecule has 1 nitrogen and oxygen atoms in total. The molecule has 0 spiro atoms. The summed E-state index contributed by atoms with van der Waals surface area (Å²) in [6, 6.07) is 8.31. The van der Waals surface area contributed by atoms with Crippen LogP contribution in [0.1, 0.15) is 13.8 Å². The van der Waals surface area contributed by atoms with Crippen molar-refractivity contribution >= 4 is 18.5 Å². The minimum Gasteiger partial charge on any atom is -0.268 e. The lowest BCUT2D eigenvalue weighted by atomic mass is 9.94. The Kier molecular flexibility index (Phi) is 1.80. The molecule has 0 saturated heterocycles. The number of aliphatic imine (C=N–C) groups is 1. The topological polar surface area (TPSA) is 12.4 Å². The molecule has 1 heterocycles. The summed E-state index contributed by atoms with van der Waals surface area (Å²) in [5, 5.41) is 2.47. The molecular formula is C12H13N. The molecule has 0 amide bonds. The average molecular weight is 171 g/mol. The second-order valence-electron chi connectivity index (χ2n) is 4.00. The Hall–Kier alpha value is -1.37. The van der Waals surface area contributed by atoms with Gasteiger partial charge in [-0.1, -0.05) is 44.2 Å². The van der Waals surface area contributed by atoms with E-state index in [1.807, 2.05) is 18.5 Å². The Labute approximate surface area is 78.1 Å². The summed E-state index contributed by atoms with van der Waals surface area (Å²) in [6.45, 7) is 4.32. The molecule has 1 aliphatic heterocycles. The summed E-state index contributed by atoms with van der Waals surface area (Å²) >= 11 is 0. The highest BCUT2D eigenvalue weighted by atomic mass is 14.7. The average Bonchev–Trinajstić information content (AvgIpc) is 2.21. The van der Waals surface area contributed by atoms with Crippen LogP contribution in [-0.2, 0) is 0 Å². The highest BCUT2D eigenvalue weighted by Gasteiger charge is 2.10. The molecule has 0 aromatic heterocycles. The highest BCUT2D eigenvalue weighted by Crippen LogP contribution is 2.13. The van der Waals surface area contributed by atoms with Gasteiger partial charge >= 0.3 is 0 Å². The van der Waals surface area contributed by atoms with Gasteiger partial charge in [0.2, 0.25) is 0 Å². The van der Waals surface area contributed by atoms with Crippen molar-refractivity contribution in [2.24, 2.45) is 10.4 Å². The van der Waals surface area contributed by atoms with Crippen molar-refractivity contribution in [2.75, 3.05) is 0 Å². The number of fused-ring (bicyclic) bond motifs is 1. The van der Waals surface area contributed by atoms with Crippen LogP contribution in [0.4, 0.5) is 0 Å². The van der Waals surface area contributed by atoms with Crippen molar-refractivity contribution in [3.8, 4) is 0 Å². The first-order chi connectivity index (χ1) is 6.17. The van der Waals surface area contributed by atoms with E-state index in [4.69, 9.17) is 0 Å². The molecule has 1 aromatic carbocycles. The zero-order valence-corrected chi connectivity index (χ0v) is 7.99. The number of hydrogen-bond donors (Lipinski definition) is 0. The Bertz CT molecular complexity index is 452. The monoisotopic (exact) mass is 171 g/mol. The van der Waals surface area contributed by atoms with Gasteiger partial charge in [0.1, 0.15) is 0 Å². The summed E-state index contributed by atoms with van der Waals surface area (Å²) in [7, 11) is 0. The molecule has 13 heavy (non-hydrogen) atoms. The molecule has 0 fully saturated rings. The summed E-state index contributed by atoms with van der Waals surface area (Å²) in [6.07, 6.45) is 6.14. The van der Waals surface area contributed by atoms with Gasteiger partial charge in [-0.15, -0.1) is 0 Å². The van der Waals surface area contributed by atoms with Crippen LogP contribution < -0.4 is 10.4 Å². The normalized spacial score (nSPS) is 18.0. The number of rotatable bonds is 0. The van der Waals surface area contributed by atoms with Gasteiger partial charge in [0.25, 0.3) is 0 Å². The van der Waals surface area contributed by atoms with Gasteiger partial charge in [-0.25, -0.2) is 0 Å². The first-order valence-corrected chi connectivity index (χ1v) is 4.50. The molecule has 1 aromatic rings. The fourth-order valence-electron chi connectivity index (χ4n) is 1.51. The van der Waals surface area contributed by atoms with Gasteiger partial charge in [0.15, 0.2) is 0 Å². The first kappa shape index (κ1) is 8.24. The van der Waals surface area contributed by atoms with E-state index in [2.05, 4.69) is 43.1 Å². The van der Waals surface area contributed by atoms with Gasteiger partial charge in [0.05, 0.1) is 0 Å². The van der Waals surface area contributed by atoms with E-state index >= 15 is 0 Å². The lowest BCUT2D eigenvalue weighted by Gasteiger charge is -2.11. The molecular weight excluding hydrogens is 158 g/mol. The molecule has 2 rings (SSSR count). The van der Waals surface area contributed by atoms with Gasteiger partial charge in [-0.2, -0.15) is 0 Å². The zero-order valence-electron chi connectivity index (χ0n) is 7.99. The summed E-state index contributed by atoms with van der Waals surface area (Å²) in [5.74, 6) is 0. The number of benzene rings is 1. The molecule has 0 unspecified atom stereocenters. The minimum absolute atomic E-state index is 0.0586.